The zero-order valence-corrected chi connectivity index (χ0v) is 12.5. The summed E-state index contributed by atoms with van der Waals surface area (Å²) in [6.45, 7) is 5.78. The molecule has 3 heterocycles. The van der Waals surface area contributed by atoms with Crippen molar-refractivity contribution in [3.05, 3.63) is 34.0 Å². The number of hydrogen-bond acceptors (Lipinski definition) is 4. The molecule has 0 radical (unpaired) electrons. The van der Waals surface area contributed by atoms with Crippen LogP contribution >= 0.6 is 11.3 Å². The molecule has 5 nitrogen and oxygen atoms in total. The minimum atomic E-state index is -0.0511. The first-order valence-corrected chi connectivity index (χ1v) is 7.72. The summed E-state index contributed by atoms with van der Waals surface area (Å²) in [5.41, 5.74) is 4.52. The van der Waals surface area contributed by atoms with Crippen LogP contribution in [0.25, 0.3) is 0 Å². The summed E-state index contributed by atoms with van der Waals surface area (Å²) in [5, 5.41) is 9.05. The van der Waals surface area contributed by atoms with Crippen LogP contribution in [0.2, 0.25) is 0 Å². The maximum atomic E-state index is 12.4. The molecule has 0 bridgehead atoms. The fourth-order valence-corrected chi connectivity index (χ4v) is 3.58. The summed E-state index contributed by atoms with van der Waals surface area (Å²) in [7, 11) is 0. The lowest BCUT2D eigenvalue weighted by molar-refractivity contribution is 0.0642. The molecule has 1 saturated heterocycles. The molecular formula is C14H18N4OS. The van der Waals surface area contributed by atoms with E-state index in [1.54, 1.807) is 5.51 Å². The molecule has 0 aromatic carbocycles. The van der Waals surface area contributed by atoms with Gasteiger partial charge in [0.1, 0.15) is 5.69 Å². The van der Waals surface area contributed by atoms with Crippen molar-refractivity contribution in [1.82, 2.24) is 20.1 Å². The van der Waals surface area contributed by atoms with Crippen LogP contribution in [0, 0.1) is 6.92 Å². The average molecular weight is 290 g/mol. The summed E-state index contributed by atoms with van der Waals surface area (Å²) in [4.78, 5) is 18.5. The van der Waals surface area contributed by atoms with E-state index in [-0.39, 0.29) is 11.3 Å². The first-order chi connectivity index (χ1) is 9.60. The van der Waals surface area contributed by atoms with E-state index >= 15 is 0 Å². The van der Waals surface area contributed by atoms with Gasteiger partial charge in [-0.15, -0.1) is 11.3 Å². The van der Waals surface area contributed by atoms with E-state index < -0.39 is 0 Å². The number of aromatic amines is 1. The Labute approximate surface area is 122 Å². The van der Waals surface area contributed by atoms with Crippen LogP contribution in [0.1, 0.15) is 41.5 Å². The molecule has 1 aliphatic heterocycles. The summed E-state index contributed by atoms with van der Waals surface area (Å²) in [6.07, 6.45) is 3.92. The number of aromatic nitrogens is 3. The van der Waals surface area contributed by atoms with E-state index in [1.807, 2.05) is 16.5 Å². The van der Waals surface area contributed by atoms with Crippen molar-refractivity contribution in [2.75, 3.05) is 13.1 Å². The van der Waals surface area contributed by atoms with E-state index in [0.29, 0.717) is 12.2 Å². The Morgan fingerprint density at radius 3 is 3.05 bits per heavy atom. The first kappa shape index (κ1) is 13.3. The lowest BCUT2D eigenvalue weighted by Crippen LogP contribution is -2.47. The molecule has 2 aromatic heterocycles. The maximum absolute atomic E-state index is 12.4. The molecule has 0 saturated carbocycles. The van der Waals surface area contributed by atoms with Gasteiger partial charge in [0.05, 0.1) is 11.7 Å². The van der Waals surface area contributed by atoms with Crippen molar-refractivity contribution in [1.29, 1.82) is 0 Å². The molecule has 3 rings (SSSR count). The number of amides is 1. The summed E-state index contributed by atoms with van der Waals surface area (Å²) < 4.78 is 0. The van der Waals surface area contributed by atoms with Gasteiger partial charge in [0.25, 0.3) is 5.91 Å². The molecule has 1 fully saturated rings. The van der Waals surface area contributed by atoms with Crippen molar-refractivity contribution in [2.45, 2.75) is 32.1 Å². The first-order valence-electron chi connectivity index (χ1n) is 6.78. The molecule has 6 heteroatoms. The number of thiazole rings is 1. The number of nitrogens with zero attached hydrogens (tertiary/aromatic N) is 3. The van der Waals surface area contributed by atoms with Gasteiger partial charge < -0.3 is 4.90 Å². The van der Waals surface area contributed by atoms with Crippen LogP contribution in [0.3, 0.4) is 0 Å². The van der Waals surface area contributed by atoms with Crippen LogP contribution in [0.15, 0.2) is 17.1 Å². The Balaban J connectivity index is 1.83. The zero-order valence-electron chi connectivity index (χ0n) is 11.7. The van der Waals surface area contributed by atoms with Gasteiger partial charge in [-0.1, -0.05) is 6.92 Å². The van der Waals surface area contributed by atoms with Gasteiger partial charge in [-0.2, -0.15) is 5.10 Å². The average Bonchev–Trinajstić information content (AvgIpc) is 3.09. The summed E-state index contributed by atoms with van der Waals surface area (Å²) in [5.74, 6) is 0.0364. The van der Waals surface area contributed by atoms with Crippen LogP contribution in [-0.4, -0.2) is 39.1 Å². The molecule has 1 N–H and O–H groups in total. The number of likely N-dealkylation sites (tertiary alicyclic amines) is 1. The largest absolute Gasteiger partial charge is 0.336 e. The maximum Gasteiger partial charge on any atom is 0.273 e. The quantitative estimate of drug-likeness (QED) is 0.923. The Morgan fingerprint density at radius 1 is 1.55 bits per heavy atom. The normalized spacial score (nSPS) is 23.0. The van der Waals surface area contributed by atoms with Gasteiger partial charge in [0.2, 0.25) is 0 Å². The number of aryl methyl sites for hydroxylation is 1. The second-order valence-corrected chi connectivity index (χ2v) is 6.41. The Bertz CT molecular complexity index is 606. The molecule has 0 spiro atoms. The van der Waals surface area contributed by atoms with E-state index in [2.05, 4.69) is 29.0 Å². The highest BCUT2D eigenvalue weighted by molar-refractivity contribution is 7.07. The van der Waals surface area contributed by atoms with Crippen molar-refractivity contribution >= 4 is 17.2 Å². The van der Waals surface area contributed by atoms with Crippen LogP contribution < -0.4 is 0 Å². The van der Waals surface area contributed by atoms with E-state index in [1.165, 1.54) is 11.3 Å². The summed E-state index contributed by atoms with van der Waals surface area (Å²) >= 11 is 1.46. The molecule has 20 heavy (non-hydrogen) atoms. The van der Waals surface area contributed by atoms with Crippen molar-refractivity contribution in [3.8, 4) is 0 Å². The highest BCUT2D eigenvalue weighted by Crippen LogP contribution is 2.34. The smallest absolute Gasteiger partial charge is 0.273 e. The second kappa shape index (κ2) is 5.01. The number of nitrogens with one attached hydrogen (secondary N) is 1. The van der Waals surface area contributed by atoms with E-state index in [9.17, 15) is 4.79 Å². The molecule has 1 aliphatic rings. The standard InChI is InChI=1S/C14H18N4OS/c1-10-6-16-17-12(10)14(2)4-3-5-18(8-14)13(19)11-7-20-9-15-11/h6-7,9H,3-5,8H2,1-2H3,(H,16,17)/t14-/m1/s1. The van der Waals surface area contributed by atoms with Crippen LogP contribution in [0.5, 0.6) is 0 Å². The van der Waals surface area contributed by atoms with Gasteiger partial charge >= 0.3 is 0 Å². The number of hydrogen-bond donors (Lipinski definition) is 1. The van der Waals surface area contributed by atoms with Gasteiger partial charge in [0, 0.05) is 29.6 Å². The minimum Gasteiger partial charge on any atom is -0.336 e. The van der Waals surface area contributed by atoms with Gasteiger partial charge in [-0.25, -0.2) is 4.98 Å². The molecule has 0 unspecified atom stereocenters. The molecular weight excluding hydrogens is 272 g/mol. The number of rotatable bonds is 2. The third-order valence-electron chi connectivity index (χ3n) is 4.07. The highest BCUT2D eigenvalue weighted by atomic mass is 32.1. The predicted octanol–water partition coefficient (Wildman–Crippen LogP) is 2.37. The zero-order chi connectivity index (χ0) is 14.2. The van der Waals surface area contributed by atoms with E-state index in [4.69, 9.17) is 0 Å². The van der Waals surface area contributed by atoms with Gasteiger partial charge in [-0.05, 0) is 25.3 Å². The van der Waals surface area contributed by atoms with Gasteiger partial charge in [-0.3, -0.25) is 9.89 Å². The molecule has 1 amide bonds. The Hall–Kier alpha value is -1.69. The number of H-pyrrole nitrogens is 1. The molecule has 1 atom stereocenters. The van der Waals surface area contributed by atoms with Crippen LogP contribution in [-0.2, 0) is 5.41 Å². The Kier molecular flexibility index (Phi) is 3.33. The summed E-state index contributed by atoms with van der Waals surface area (Å²) in [6, 6.07) is 0. The van der Waals surface area contributed by atoms with Crippen molar-refractivity contribution in [2.24, 2.45) is 0 Å². The number of carbonyl (C=O) groups is 1. The third-order valence-corrected chi connectivity index (χ3v) is 4.65. The predicted molar refractivity (Wildman–Crippen MR) is 77.9 cm³/mol. The molecule has 106 valence electrons. The fourth-order valence-electron chi connectivity index (χ4n) is 3.05. The van der Waals surface area contributed by atoms with Crippen molar-refractivity contribution < 1.29 is 4.79 Å². The fraction of sp³-hybridized carbons (Fsp3) is 0.500. The Morgan fingerprint density at radius 2 is 2.40 bits per heavy atom. The monoisotopic (exact) mass is 290 g/mol. The third kappa shape index (κ3) is 2.24. The van der Waals surface area contributed by atoms with Crippen molar-refractivity contribution in [3.63, 3.8) is 0 Å². The van der Waals surface area contributed by atoms with Gasteiger partial charge in [0.15, 0.2) is 0 Å². The van der Waals surface area contributed by atoms with E-state index in [0.717, 1.165) is 30.6 Å². The lowest BCUT2D eigenvalue weighted by Gasteiger charge is -2.40. The highest BCUT2D eigenvalue weighted by Gasteiger charge is 2.37. The number of piperidine rings is 1. The van der Waals surface area contributed by atoms with Crippen LogP contribution in [0.4, 0.5) is 0 Å². The second-order valence-electron chi connectivity index (χ2n) is 5.69. The topological polar surface area (TPSA) is 61.9 Å². The minimum absolute atomic E-state index is 0.0364. The molecule has 0 aliphatic carbocycles. The number of carbonyl (C=O) groups excluding carboxylic acids is 1. The lowest BCUT2D eigenvalue weighted by atomic mass is 9.77. The molecule has 2 aromatic rings. The SMILES string of the molecule is Cc1cn[nH]c1[C@]1(C)CCCN(C(=O)c2cscn2)C1.